The predicted molar refractivity (Wildman–Crippen MR) is 66.2 cm³/mol. The van der Waals surface area contributed by atoms with E-state index >= 15 is 0 Å². The van der Waals surface area contributed by atoms with E-state index in [1.165, 1.54) is 6.92 Å². The molecule has 0 aromatic carbocycles. The van der Waals surface area contributed by atoms with Gasteiger partial charge >= 0.3 is 0 Å². The van der Waals surface area contributed by atoms with Crippen LogP contribution in [0.3, 0.4) is 0 Å². The lowest BCUT2D eigenvalue weighted by atomic mass is 10.0. The van der Waals surface area contributed by atoms with Crippen LogP contribution in [0.25, 0.3) is 0 Å². The number of morpholine rings is 1. The topological polar surface area (TPSA) is 87.7 Å². The number of carbonyl (C=O) groups excluding carboxylic acids is 3. The first kappa shape index (κ1) is 13.8. The minimum absolute atomic E-state index is 0.0141. The lowest BCUT2D eigenvalue weighted by molar-refractivity contribution is -0.137. The highest BCUT2D eigenvalue weighted by Gasteiger charge is 2.33. The van der Waals surface area contributed by atoms with Gasteiger partial charge in [0.05, 0.1) is 18.7 Å². The van der Waals surface area contributed by atoms with Gasteiger partial charge in [0.25, 0.3) is 0 Å². The number of hydrogen-bond donors (Lipinski definition) is 2. The van der Waals surface area contributed by atoms with Gasteiger partial charge in [0.1, 0.15) is 6.61 Å². The van der Waals surface area contributed by atoms with Gasteiger partial charge in [0.2, 0.25) is 17.7 Å². The molecule has 2 saturated heterocycles. The van der Waals surface area contributed by atoms with Crippen molar-refractivity contribution in [1.29, 1.82) is 0 Å². The van der Waals surface area contributed by atoms with Crippen LogP contribution in [0.1, 0.15) is 19.8 Å². The van der Waals surface area contributed by atoms with E-state index in [1.807, 2.05) is 0 Å². The second-order valence-corrected chi connectivity index (χ2v) is 4.89. The summed E-state index contributed by atoms with van der Waals surface area (Å²) in [5.41, 5.74) is 0. The van der Waals surface area contributed by atoms with Crippen LogP contribution in [0.4, 0.5) is 0 Å². The number of amides is 3. The zero-order valence-corrected chi connectivity index (χ0v) is 11.0. The van der Waals surface area contributed by atoms with Crippen molar-refractivity contribution in [3.63, 3.8) is 0 Å². The highest BCUT2D eigenvalue weighted by molar-refractivity contribution is 5.83. The van der Waals surface area contributed by atoms with E-state index in [0.717, 1.165) is 0 Å². The molecular weight excluding hydrogens is 250 g/mol. The number of carbonyl (C=O) groups is 3. The van der Waals surface area contributed by atoms with Gasteiger partial charge in [-0.2, -0.15) is 0 Å². The van der Waals surface area contributed by atoms with Gasteiger partial charge < -0.3 is 20.3 Å². The summed E-state index contributed by atoms with van der Waals surface area (Å²) in [6.07, 6.45) is 1.37. The molecule has 0 aromatic heterocycles. The Bertz CT molecular complexity index is 385. The molecule has 7 nitrogen and oxygen atoms in total. The van der Waals surface area contributed by atoms with Gasteiger partial charge in [-0.1, -0.05) is 0 Å². The summed E-state index contributed by atoms with van der Waals surface area (Å²) in [6.45, 7) is 2.67. The third kappa shape index (κ3) is 3.66. The summed E-state index contributed by atoms with van der Waals surface area (Å²) in [5.74, 6) is -0.410. The Morgan fingerprint density at radius 3 is 2.89 bits per heavy atom. The van der Waals surface area contributed by atoms with Gasteiger partial charge in [-0.05, 0) is 12.8 Å². The molecule has 0 spiro atoms. The van der Waals surface area contributed by atoms with E-state index in [2.05, 4.69) is 10.6 Å². The Morgan fingerprint density at radius 2 is 2.16 bits per heavy atom. The fourth-order valence-corrected chi connectivity index (χ4v) is 2.43. The standard InChI is InChI=1S/C12H19N3O4/c1-8(16)13-6-12(18)15-4-2-9-10(3-5-15)19-7-11(17)14-9/h9-10H,2-7H2,1H3,(H,13,16)(H,14,17)/t9-,10-/m0/s1. The molecule has 2 rings (SSSR count). The van der Waals surface area contributed by atoms with Crippen molar-refractivity contribution in [2.24, 2.45) is 0 Å². The Morgan fingerprint density at radius 1 is 1.42 bits per heavy atom. The maximum absolute atomic E-state index is 11.9. The Balaban J connectivity index is 1.87. The highest BCUT2D eigenvalue weighted by Crippen LogP contribution is 2.17. The second kappa shape index (κ2) is 6.01. The molecule has 2 atom stereocenters. The Kier molecular flexibility index (Phi) is 4.36. The first-order valence-electron chi connectivity index (χ1n) is 6.49. The zero-order valence-electron chi connectivity index (χ0n) is 11.0. The third-order valence-electron chi connectivity index (χ3n) is 3.46. The average molecular weight is 269 g/mol. The Labute approximate surface area is 111 Å². The maximum Gasteiger partial charge on any atom is 0.246 e. The van der Waals surface area contributed by atoms with Crippen LogP contribution in [-0.2, 0) is 19.1 Å². The quantitative estimate of drug-likeness (QED) is 0.647. The van der Waals surface area contributed by atoms with Crippen LogP contribution in [-0.4, -0.2) is 61.0 Å². The molecule has 0 bridgehead atoms. The van der Waals surface area contributed by atoms with Crippen molar-refractivity contribution in [3.05, 3.63) is 0 Å². The number of hydrogen-bond acceptors (Lipinski definition) is 4. The monoisotopic (exact) mass is 269 g/mol. The summed E-state index contributed by atoms with van der Waals surface area (Å²) >= 11 is 0. The predicted octanol–water partition coefficient (Wildman–Crippen LogP) is -1.37. The van der Waals surface area contributed by atoms with Crippen LogP contribution in [0, 0.1) is 0 Å². The van der Waals surface area contributed by atoms with E-state index < -0.39 is 0 Å². The fourth-order valence-electron chi connectivity index (χ4n) is 2.43. The van der Waals surface area contributed by atoms with Crippen LogP contribution in [0.2, 0.25) is 0 Å². The van der Waals surface area contributed by atoms with Crippen LogP contribution in [0.5, 0.6) is 0 Å². The van der Waals surface area contributed by atoms with E-state index in [-0.39, 0.29) is 43.0 Å². The van der Waals surface area contributed by atoms with Gasteiger partial charge in [-0.25, -0.2) is 0 Å². The molecule has 0 aliphatic carbocycles. The third-order valence-corrected chi connectivity index (χ3v) is 3.46. The SMILES string of the molecule is CC(=O)NCC(=O)N1CC[C@@H]2NC(=O)CO[C@H]2CC1. The fraction of sp³-hybridized carbons (Fsp3) is 0.750. The molecule has 2 N–H and O–H groups in total. The molecule has 2 heterocycles. The van der Waals surface area contributed by atoms with E-state index in [4.69, 9.17) is 4.74 Å². The summed E-state index contributed by atoms with van der Waals surface area (Å²) < 4.78 is 5.48. The molecule has 106 valence electrons. The number of nitrogens with zero attached hydrogens (tertiary/aromatic N) is 1. The van der Waals surface area contributed by atoms with Crippen molar-refractivity contribution in [1.82, 2.24) is 15.5 Å². The first-order chi connectivity index (χ1) is 9.06. The van der Waals surface area contributed by atoms with Crippen LogP contribution >= 0.6 is 0 Å². The molecule has 0 unspecified atom stereocenters. The van der Waals surface area contributed by atoms with Crippen molar-refractivity contribution in [3.8, 4) is 0 Å². The Hall–Kier alpha value is -1.63. The zero-order chi connectivity index (χ0) is 13.8. The summed E-state index contributed by atoms with van der Waals surface area (Å²) in [6, 6.07) is -0.0141. The van der Waals surface area contributed by atoms with Crippen molar-refractivity contribution in [2.45, 2.75) is 31.9 Å². The largest absolute Gasteiger partial charge is 0.366 e. The minimum atomic E-state index is -0.215. The molecule has 3 amide bonds. The van der Waals surface area contributed by atoms with Gasteiger partial charge in [-0.3, -0.25) is 14.4 Å². The molecule has 0 radical (unpaired) electrons. The number of ether oxygens (including phenoxy) is 1. The van der Waals surface area contributed by atoms with Crippen molar-refractivity contribution < 1.29 is 19.1 Å². The molecule has 2 aliphatic heterocycles. The summed E-state index contributed by atoms with van der Waals surface area (Å²) in [5, 5.41) is 5.40. The molecule has 7 heteroatoms. The maximum atomic E-state index is 11.9. The van der Waals surface area contributed by atoms with Gasteiger partial charge in [-0.15, -0.1) is 0 Å². The number of nitrogens with one attached hydrogen (secondary N) is 2. The van der Waals surface area contributed by atoms with Gasteiger partial charge in [0, 0.05) is 20.0 Å². The second-order valence-electron chi connectivity index (χ2n) is 4.89. The molecular formula is C12H19N3O4. The highest BCUT2D eigenvalue weighted by atomic mass is 16.5. The number of fused-ring (bicyclic) bond motifs is 1. The number of rotatable bonds is 2. The normalized spacial score (nSPS) is 27.0. The van der Waals surface area contributed by atoms with E-state index in [0.29, 0.717) is 25.9 Å². The molecule has 0 saturated carbocycles. The molecule has 19 heavy (non-hydrogen) atoms. The minimum Gasteiger partial charge on any atom is -0.366 e. The average Bonchev–Trinajstić information content (AvgIpc) is 2.58. The van der Waals surface area contributed by atoms with Gasteiger partial charge in [0.15, 0.2) is 0 Å². The smallest absolute Gasteiger partial charge is 0.246 e. The lowest BCUT2D eigenvalue weighted by Gasteiger charge is -2.30. The van der Waals surface area contributed by atoms with E-state index in [1.54, 1.807) is 4.90 Å². The van der Waals surface area contributed by atoms with Crippen LogP contribution < -0.4 is 10.6 Å². The molecule has 2 aliphatic rings. The molecule has 2 fully saturated rings. The lowest BCUT2D eigenvalue weighted by Crippen LogP contribution is -2.51. The summed E-state index contributed by atoms with van der Waals surface area (Å²) in [7, 11) is 0. The van der Waals surface area contributed by atoms with Crippen molar-refractivity contribution >= 4 is 17.7 Å². The van der Waals surface area contributed by atoms with Crippen molar-refractivity contribution in [2.75, 3.05) is 26.2 Å². The van der Waals surface area contributed by atoms with Crippen LogP contribution in [0.15, 0.2) is 0 Å². The first-order valence-corrected chi connectivity index (χ1v) is 6.49. The number of likely N-dealkylation sites (tertiary alicyclic amines) is 1. The van der Waals surface area contributed by atoms with E-state index in [9.17, 15) is 14.4 Å². The molecule has 0 aromatic rings. The summed E-state index contributed by atoms with van der Waals surface area (Å²) in [4.78, 5) is 35.7.